The molecule has 1 aliphatic rings. The maximum absolute atomic E-state index is 13.6. The number of oxazole rings is 1. The second-order valence-electron chi connectivity index (χ2n) is 11.4. The highest BCUT2D eigenvalue weighted by Gasteiger charge is 2.40. The minimum atomic E-state index is -0.986. The van der Waals surface area contributed by atoms with Crippen LogP contribution in [0.1, 0.15) is 67.1 Å². The number of fused-ring (bicyclic) bond motifs is 1. The van der Waals surface area contributed by atoms with Crippen LogP contribution >= 0.6 is 0 Å². The van der Waals surface area contributed by atoms with Crippen LogP contribution in [0.3, 0.4) is 0 Å². The van der Waals surface area contributed by atoms with Crippen LogP contribution in [0.4, 0.5) is 4.79 Å². The number of nitrogens with one attached hydrogen (secondary N) is 2. The lowest BCUT2D eigenvalue weighted by Crippen LogP contribution is -2.57. The lowest BCUT2D eigenvalue weighted by molar-refractivity contribution is -0.141. The minimum Gasteiger partial charge on any atom is -0.465 e. The van der Waals surface area contributed by atoms with Crippen LogP contribution in [0.5, 0.6) is 0 Å². The van der Waals surface area contributed by atoms with E-state index >= 15 is 0 Å². The summed E-state index contributed by atoms with van der Waals surface area (Å²) in [6.45, 7) is 7.53. The predicted molar refractivity (Wildman–Crippen MR) is 160 cm³/mol. The van der Waals surface area contributed by atoms with Crippen molar-refractivity contribution in [1.29, 1.82) is 0 Å². The highest BCUT2D eigenvalue weighted by atomic mass is 16.5. The molecule has 0 saturated carbocycles. The molecule has 3 atom stereocenters. The number of Topliss-reactive ketones (excluding diaryl/α,β-unsaturated/α-hetero) is 1. The number of methoxy groups -OCH3 is 1. The summed E-state index contributed by atoms with van der Waals surface area (Å²) in [7, 11) is 1.26. The summed E-state index contributed by atoms with van der Waals surface area (Å²) < 4.78 is 15.7. The molecular weight excluding hydrogens is 568 g/mol. The number of likely N-dealkylation sites (tertiary alicyclic amines) is 1. The van der Waals surface area contributed by atoms with Crippen molar-refractivity contribution in [2.45, 2.75) is 65.3 Å². The van der Waals surface area contributed by atoms with Crippen LogP contribution in [-0.2, 0) is 25.7 Å². The van der Waals surface area contributed by atoms with E-state index in [4.69, 9.17) is 13.9 Å². The van der Waals surface area contributed by atoms with E-state index in [0.29, 0.717) is 24.9 Å². The van der Waals surface area contributed by atoms with Gasteiger partial charge in [-0.05, 0) is 48.4 Å². The Morgan fingerprint density at radius 3 is 2.34 bits per heavy atom. The second kappa shape index (κ2) is 14.2. The van der Waals surface area contributed by atoms with E-state index in [1.807, 2.05) is 30.3 Å². The third-order valence-corrected chi connectivity index (χ3v) is 7.52. The Morgan fingerprint density at radius 2 is 1.68 bits per heavy atom. The fourth-order valence-electron chi connectivity index (χ4n) is 5.08. The SMILES string of the molecule is COC(=O)c1ccc2nc(C(=O)C(NC(=O)[C@@H]3CCCN3C(=O)[C@@H](NC(=O)OCc3ccccc3)C(C)C)C(C)C)oc2c1. The lowest BCUT2D eigenvalue weighted by atomic mass is 9.98. The first kappa shape index (κ1) is 32.2. The van der Waals surface area contributed by atoms with Crippen molar-refractivity contribution in [3.8, 4) is 0 Å². The monoisotopic (exact) mass is 606 g/mol. The zero-order chi connectivity index (χ0) is 32.0. The molecule has 12 nitrogen and oxygen atoms in total. The Bertz CT molecular complexity index is 1520. The zero-order valence-electron chi connectivity index (χ0n) is 25.5. The lowest BCUT2D eigenvalue weighted by Gasteiger charge is -2.31. The fraction of sp³-hybridized carbons (Fsp3) is 0.438. The van der Waals surface area contributed by atoms with Crippen molar-refractivity contribution in [1.82, 2.24) is 20.5 Å². The van der Waals surface area contributed by atoms with E-state index in [1.54, 1.807) is 33.8 Å². The number of amides is 3. The molecule has 1 unspecified atom stereocenters. The van der Waals surface area contributed by atoms with Crippen LogP contribution in [0.15, 0.2) is 52.9 Å². The van der Waals surface area contributed by atoms with Gasteiger partial charge in [-0.25, -0.2) is 14.6 Å². The normalized spacial score (nSPS) is 16.1. The summed E-state index contributed by atoms with van der Waals surface area (Å²) in [6, 6.07) is 11.0. The van der Waals surface area contributed by atoms with Crippen LogP contribution in [0.2, 0.25) is 0 Å². The van der Waals surface area contributed by atoms with E-state index in [0.717, 1.165) is 5.56 Å². The number of hydrogen-bond acceptors (Lipinski definition) is 9. The Hall–Kier alpha value is -4.74. The first-order chi connectivity index (χ1) is 21.0. The molecule has 234 valence electrons. The van der Waals surface area contributed by atoms with Gasteiger partial charge in [0.1, 0.15) is 24.2 Å². The quantitative estimate of drug-likeness (QED) is 0.244. The number of esters is 1. The molecule has 3 aromatic rings. The molecule has 44 heavy (non-hydrogen) atoms. The van der Waals surface area contributed by atoms with Crippen molar-refractivity contribution in [3.05, 3.63) is 65.5 Å². The van der Waals surface area contributed by atoms with E-state index < -0.39 is 47.8 Å². The molecule has 1 saturated heterocycles. The minimum absolute atomic E-state index is 0.0531. The van der Waals surface area contributed by atoms with Crippen molar-refractivity contribution in [2.24, 2.45) is 11.8 Å². The summed E-state index contributed by atoms with van der Waals surface area (Å²) in [5.74, 6) is -2.80. The molecule has 0 bridgehead atoms. The van der Waals surface area contributed by atoms with Crippen molar-refractivity contribution >= 4 is 40.8 Å². The third kappa shape index (κ3) is 7.42. The molecule has 3 amide bonds. The van der Waals surface area contributed by atoms with Gasteiger partial charge in [-0.2, -0.15) is 0 Å². The Labute approximate surface area is 255 Å². The van der Waals surface area contributed by atoms with Gasteiger partial charge in [-0.3, -0.25) is 14.4 Å². The standard InChI is InChI=1S/C32H38N4O8/c1-18(2)25(27(37)29-33-22-14-13-21(31(40)42-5)16-24(22)44-29)34-28(38)23-12-9-15-36(23)30(39)26(19(3)4)35-32(41)43-17-20-10-7-6-8-11-20/h6-8,10-11,13-14,16,18-19,23,25-26H,9,12,15,17H2,1-5H3,(H,34,38)(H,35,41)/t23-,25?,26-/m0/s1. The highest BCUT2D eigenvalue weighted by Crippen LogP contribution is 2.23. The maximum atomic E-state index is 13.6. The van der Waals surface area contributed by atoms with Crippen molar-refractivity contribution < 1.29 is 37.9 Å². The first-order valence-corrected chi connectivity index (χ1v) is 14.6. The van der Waals surface area contributed by atoms with Gasteiger partial charge in [0.25, 0.3) is 5.89 Å². The number of aromatic nitrogens is 1. The maximum Gasteiger partial charge on any atom is 0.408 e. The molecule has 2 aromatic carbocycles. The smallest absolute Gasteiger partial charge is 0.408 e. The van der Waals surface area contributed by atoms with Crippen LogP contribution < -0.4 is 10.6 Å². The van der Waals surface area contributed by atoms with Crippen LogP contribution in [0, 0.1) is 11.8 Å². The number of hydrogen-bond donors (Lipinski definition) is 2. The highest BCUT2D eigenvalue weighted by molar-refractivity contribution is 6.02. The molecule has 0 radical (unpaired) electrons. The van der Waals surface area contributed by atoms with E-state index in [1.165, 1.54) is 24.1 Å². The Morgan fingerprint density at radius 1 is 0.977 bits per heavy atom. The zero-order valence-corrected chi connectivity index (χ0v) is 25.5. The first-order valence-electron chi connectivity index (χ1n) is 14.6. The molecule has 0 spiro atoms. The summed E-state index contributed by atoms with van der Waals surface area (Å²) in [4.78, 5) is 70.8. The molecule has 2 heterocycles. The van der Waals surface area contributed by atoms with Gasteiger partial charge in [-0.1, -0.05) is 58.0 Å². The number of benzene rings is 2. The summed E-state index contributed by atoms with van der Waals surface area (Å²) in [5, 5.41) is 5.46. The molecule has 4 rings (SSSR count). The number of carbonyl (C=O) groups is 5. The third-order valence-electron chi connectivity index (χ3n) is 7.52. The Balaban J connectivity index is 1.44. The van der Waals surface area contributed by atoms with Crippen LogP contribution in [-0.4, -0.2) is 71.3 Å². The average molecular weight is 607 g/mol. The molecular formula is C32H38N4O8. The van der Waals surface area contributed by atoms with E-state index in [9.17, 15) is 24.0 Å². The van der Waals surface area contributed by atoms with Gasteiger partial charge in [-0.15, -0.1) is 0 Å². The summed E-state index contributed by atoms with van der Waals surface area (Å²) in [5.41, 5.74) is 1.65. The van der Waals surface area contributed by atoms with E-state index in [-0.39, 0.29) is 35.5 Å². The van der Waals surface area contributed by atoms with Crippen molar-refractivity contribution in [3.63, 3.8) is 0 Å². The number of ketones is 1. The van der Waals surface area contributed by atoms with Gasteiger partial charge < -0.3 is 29.4 Å². The molecule has 12 heteroatoms. The number of alkyl carbamates (subject to hydrolysis) is 1. The molecule has 1 aromatic heterocycles. The van der Waals surface area contributed by atoms with Gasteiger partial charge in [0.15, 0.2) is 5.58 Å². The fourth-order valence-corrected chi connectivity index (χ4v) is 5.08. The van der Waals surface area contributed by atoms with Crippen LogP contribution in [0.25, 0.3) is 11.1 Å². The van der Waals surface area contributed by atoms with Gasteiger partial charge >= 0.3 is 12.1 Å². The topological polar surface area (TPSA) is 157 Å². The number of ether oxygens (including phenoxy) is 2. The average Bonchev–Trinajstić information content (AvgIpc) is 3.68. The number of carbonyl (C=O) groups excluding carboxylic acids is 5. The largest absolute Gasteiger partial charge is 0.465 e. The van der Waals surface area contributed by atoms with Gasteiger partial charge in [0, 0.05) is 6.54 Å². The molecule has 2 N–H and O–H groups in total. The summed E-state index contributed by atoms with van der Waals surface area (Å²) >= 11 is 0. The van der Waals surface area contributed by atoms with Gasteiger partial charge in [0.05, 0.1) is 18.7 Å². The predicted octanol–water partition coefficient (Wildman–Crippen LogP) is 3.88. The van der Waals surface area contributed by atoms with Gasteiger partial charge in [0.2, 0.25) is 17.6 Å². The number of rotatable bonds is 11. The molecule has 1 aliphatic heterocycles. The van der Waals surface area contributed by atoms with Crippen molar-refractivity contribution in [2.75, 3.05) is 13.7 Å². The summed E-state index contributed by atoms with van der Waals surface area (Å²) in [6.07, 6.45) is 0.253. The Kier molecular flexibility index (Phi) is 10.4. The number of nitrogens with zero attached hydrogens (tertiary/aromatic N) is 2. The molecule has 0 aliphatic carbocycles. The second-order valence-corrected chi connectivity index (χ2v) is 11.4. The van der Waals surface area contributed by atoms with E-state index in [2.05, 4.69) is 15.6 Å². The molecule has 1 fully saturated rings.